The molecule has 0 N–H and O–H groups in total. The van der Waals surface area contributed by atoms with E-state index in [9.17, 15) is 14.9 Å². The molecule has 11 heteroatoms. The second kappa shape index (κ2) is 20.2. The topological polar surface area (TPSA) is 97.1 Å². The Balaban J connectivity index is 2.65. The standard InChI is InChI=1S/C45H79NO7Si3/c1-17-18-19-20-21-22-33-45(51-41(47)36-28-30-37(31-29-36)46(48)49)34-32-40(53-56(15,16)44(8,9)10)39(45)27-23-25-38(52-55(13,14)43(5,6)7)26-24-35-50-54(11,12)42(2,3)4/h21-23,25,27-31,38,40H,17-20,24,26,32-35H2,1-16H3/b22-21-,25-23+,39-27-/t38-,40+,45-/m0/s1. The van der Waals surface area contributed by atoms with Gasteiger partial charge in [0.2, 0.25) is 0 Å². The smallest absolute Gasteiger partial charge is 0.339 e. The molecule has 3 atom stereocenters. The summed E-state index contributed by atoms with van der Waals surface area (Å²) in [4.78, 5) is 24.8. The van der Waals surface area contributed by atoms with Gasteiger partial charge in [-0.25, -0.2) is 4.79 Å². The van der Waals surface area contributed by atoms with Gasteiger partial charge in [-0.05, 0) is 105 Å². The molecular weight excluding hydrogens is 751 g/mol. The number of hydrogen-bond donors (Lipinski definition) is 0. The van der Waals surface area contributed by atoms with Gasteiger partial charge >= 0.3 is 5.97 Å². The van der Waals surface area contributed by atoms with E-state index in [4.69, 9.17) is 18.0 Å². The fourth-order valence-electron chi connectivity index (χ4n) is 5.96. The molecule has 1 aromatic carbocycles. The minimum Gasteiger partial charge on any atom is -0.450 e. The number of non-ortho nitro benzene ring substituents is 1. The second-order valence-electron chi connectivity index (χ2n) is 20.4. The Morgan fingerprint density at radius 3 is 2.00 bits per heavy atom. The van der Waals surface area contributed by atoms with Crippen molar-refractivity contribution in [2.24, 2.45) is 0 Å². The largest absolute Gasteiger partial charge is 0.450 e. The van der Waals surface area contributed by atoms with Crippen LogP contribution in [0.2, 0.25) is 54.4 Å². The highest BCUT2D eigenvalue weighted by atomic mass is 28.4. The number of hydrogen-bond acceptors (Lipinski definition) is 7. The van der Waals surface area contributed by atoms with Crippen LogP contribution in [-0.2, 0) is 18.0 Å². The summed E-state index contributed by atoms with van der Waals surface area (Å²) in [6, 6.07) is 5.67. The second-order valence-corrected chi connectivity index (χ2v) is 34.8. The molecule has 0 aromatic heterocycles. The van der Waals surface area contributed by atoms with Gasteiger partial charge in [0.25, 0.3) is 5.69 Å². The first-order chi connectivity index (χ1) is 25.6. The van der Waals surface area contributed by atoms with Crippen LogP contribution in [0.3, 0.4) is 0 Å². The Morgan fingerprint density at radius 1 is 0.875 bits per heavy atom. The number of carbonyl (C=O) groups excluding carboxylic acids is 1. The Morgan fingerprint density at radius 2 is 1.46 bits per heavy atom. The van der Waals surface area contributed by atoms with E-state index in [-0.39, 0.29) is 38.6 Å². The molecule has 1 aliphatic carbocycles. The maximum absolute atomic E-state index is 14.0. The van der Waals surface area contributed by atoms with Crippen LogP contribution in [-0.4, -0.2) is 60.3 Å². The van der Waals surface area contributed by atoms with E-state index in [0.29, 0.717) is 19.4 Å². The lowest BCUT2D eigenvalue weighted by Crippen LogP contribution is -2.45. The van der Waals surface area contributed by atoms with Crippen molar-refractivity contribution < 1.29 is 27.7 Å². The number of carbonyl (C=O) groups is 1. The molecule has 318 valence electrons. The number of allylic oxidation sites excluding steroid dienone is 3. The van der Waals surface area contributed by atoms with Crippen LogP contribution in [0.4, 0.5) is 5.69 Å². The van der Waals surface area contributed by atoms with Crippen LogP contribution in [0, 0.1) is 10.1 Å². The molecule has 0 bridgehead atoms. The first-order valence-electron chi connectivity index (χ1n) is 21.1. The van der Waals surface area contributed by atoms with Gasteiger partial charge in [-0.1, -0.05) is 112 Å². The SMILES string of the molecule is CCCCC/C=C\C[C@]1(OC(=O)c2ccc([N+](=O)[O-])cc2)CC[C@@H](O[Si](C)(C)C(C)(C)C)/C1=C/C=C/[C@@H](CCCO[Si](C)(C)C(C)(C)C)O[Si](C)(C)C(C)(C)C. The summed E-state index contributed by atoms with van der Waals surface area (Å²) >= 11 is 0. The number of rotatable bonds is 20. The summed E-state index contributed by atoms with van der Waals surface area (Å²) in [6.45, 7) is 37.0. The van der Waals surface area contributed by atoms with Gasteiger partial charge in [0.1, 0.15) is 5.60 Å². The van der Waals surface area contributed by atoms with E-state index >= 15 is 0 Å². The average Bonchev–Trinajstić information content (AvgIpc) is 3.38. The first-order valence-corrected chi connectivity index (χ1v) is 29.8. The molecule has 0 aliphatic heterocycles. The number of esters is 1. The Hall–Kier alpha value is -2.16. The number of nitrogens with zero attached hydrogens (tertiary/aromatic N) is 1. The molecule has 0 unspecified atom stereocenters. The number of nitro benzene ring substituents is 1. The summed E-state index contributed by atoms with van der Waals surface area (Å²) in [5.74, 6) is -0.497. The molecule has 0 radical (unpaired) electrons. The van der Waals surface area contributed by atoms with E-state index < -0.39 is 41.4 Å². The summed E-state index contributed by atoms with van der Waals surface area (Å²) in [6.07, 6.45) is 18.4. The monoisotopic (exact) mass is 830 g/mol. The summed E-state index contributed by atoms with van der Waals surface area (Å²) in [7, 11) is -6.22. The molecule has 8 nitrogen and oxygen atoms in total. The Bertz CT molecular complexity index is 1510. The lowest BCUT2D eigenvalue weighted by Gasteiger charge is -2.40. The van der Waals surface area contributed by atoms with Crippen molar-refractivity contribution in [2.45, 2.75) is 199 Å². The summed E-state index contributed by atoms with van der Waals surface area (Å²) < 4.78 is 27.4. The zero-order valence-electron chi connectivity index (χ0n) is 38.2. The molecule has 0 spiro atoms. The molecule has 1 fully saturated rings. The minimum atomic E-state index is -2.23. The zero-order valence-corrected chi connectivity index (χ0v) is 41.2. The van der Waals surface area contributed by atoms with Crippen LogP contribution >= 0.6 is 0 Å². The third kappa shape index (κ3) is 14.3. The highest BCUT2D eigenvalue weighted by Gasteiger charge is 2.50. The van der Waals surface area contributed by atoms with Gasteiger partial charge < -0.3 is 18.0 Å². The molecular formula is C45H79NO7Si3. The maximum Gasteiger partial charge on any atom is 0.339 e. The number of unbranched alkanes of at least 4 members (excludes halogenated alkanes) is 3. The van der Waals surface area contributed by atoms with Gasteiger partial charge in [-0.3, -0.25) is 10.1 Å². The summed E-state index contributed by atoms with van der Waals surface area (Å²) in [5, 5.41) is 11.5. The predicted octanol–water partition coefficient (Wildman–Crippen LogP) is 13.9. The lowest BCUT2D eigenvalue weighted by atomic mass is 9.90. The predicted molar refractivity (Wildman–Crippen MR) is 242 cm³/mol. The van der Waals surface area contributed by atoms with Crippen molar-refractivity contribution in [2.75, 3.05) is 6.61 Å². The molecule has 1 saturated carbocycles. The van der Waals surface area contributed by atoms with Crippen molar-refractivity contribution in [1.82, 2.24) is 0 Å². The van der Waals surface area contributed by atoms with E-state index in [2.05, 4.69) is 139 Å². The van der Waals surface area contributed by atoms with Crippen molar-refractivity contribution >= 4 is 36.6 Å². The number of benzene rings is 1. The normalized spacial score (nSPS) is 20.4. The van der Waals surface area contributed by atoms with Crippen LogP contribution in [0.25, 0.3) is 0 Å². The average molecular weight is 830 g/mol. The third-order valence-electron chi connectivity index (χ3n) is 12.9. The highest BCUT2D eigenvalue weighted by Crippen LogP contribution is 2.47. The van der Waals surface area contributed by atoms with Gasteiger partial charge in [0, 0.05) is 30.7 Å². The molecule has 0 amide bonds. The van der Waals surface area contributed by atoms with Crippen LogP contribution in [0.1, 0.15) is 137 Å². The van der Waals surface area contributed by atoms with Gasteiger partial charge in [-0.15, -0.1) is 0 Å². The molecule has 1 aromatic rings. The van der Waals surface area contributed by atoms with Gasteiger partial charge in [0.05, 0.1) is 22.7 Å². The third-order valence-corrected chi connectivity index (χ3v) is 26.4. The van der Waals surface area contributed by atoms with Crippen molar-refractivity contribution in [3.05, 3.63) is 75.9 Å². The minimum absolute atomic E-state index is 0.0115. The van der Waals surface area contributed by atoms with Crippen molar-refractivity contribution in [1.29, 1.82) is 0 Å². The quantitative estimate of drug-likeness (QED) is 0.0322. The van der Waals surface area contributed by atoms with Gasteiger partial charge in [0.15, 0.2) is 25.0 Å². The molecule has 2 rings (SSSR count). The fraction of sp³-hybridized carbons (Fsp3) is 0.711. The van der Waals surface area contributed by atoms with Crippen LogP contribution < -0.4 is 0 Å². The summed E-state index contributed by atoms with van der Waals surface area (Å²) in [5.41, 5.74) is 0.235. The number of ether oxygens (including phenoxy) is 1. The Kier molecular flexibility index (Phi) is 18.0. The molecule has 0 heterocycles. The first kappa shape index (κ1) is 50.0. The van der Waals surface area contributed by atoms with Crippen LogP contribution in [0.15, 0.2) is 60.2 Å². The van der Waals surface area contributed by atoms with E-state index in [1.807, 2.05) is 0 Å². The number of nitro groups is 1. The van der Waals surface area contributed by atoms with E-state index in [1.54, 1.807) is 0 Å². The van der Waals surface area contributed by atoms with Crippen LogP contribution in [0.5, 0.6) is 0 Å². The van der Waals surface area contributed by atoms with Crippen molar-refractivity contribution in [3.8, 4) is 0 Å². The van der Waals surface area contributed by atoms with Crippen molar-refractivity contribution in [3.63, 3.8) is 0 Å². The maximum atomic E-state index is 14.0. The molecule has 0 saturated heterocycles. The van der Waals surface area contributed by atoms with Gasteiger partial charge in [-0.2, -0.15) is 0 Å². The molecule has 1 aliphatic rings. The fourth-order valence-corrected chi connectivity index (χ4v) is 9.67. The highest BCUT2D eigenvalue weighted by molar-refractivity contribution is 6.75. The zero-order chi connectivity index (χ0) is 42.8. The van der Waals surface area contributed by atoms with E-state index in [0.717, 1.165) is 44.1 Å². The lowest BCUT2D eigenvalue weighted by molar-refractivity contribution is -0.384. The Labute approximate surface area is 344 Å². The molecule has 56 heavy (non-hydrogen) atoms. The van der Waals surface area contributed by atoms with E-state index in [1.165, 1.54) is 30.7 Å².